The second-order valence-electron chi connectivity index (χ2n) is 4.42. The highest BCUT2D eigenvalue weighted by atomic mass is 16.3. The van der Waals surface area contributed by atoms with Crippen molar-refractivity contribution in [3.05, 3.63) is 48.6 Å². The topological polar surface area (TPSA) is 52.6 Å². The molecule has 1 heterocycles. The fourth-order valence-corrected chi connectivity index (χ4v) is 2.29. The Bertz CT molecular complexity index is 419. The lowest BCUT2D eigenvalue weighted by molar-refractivity contribution is -0.133. The van der Waals surface area contributed by atoms with E-state index in [-0.39, 0.29) is 24.7 Å². The second kappa shape index (κ2) is 5.80. The summed E-state index contributed by atoms with van der Waals surface area (Å²) in [6, 6.07) is 9.42. The SMILES string of the molecule is C=CCC1C(=O)N[C@@H](c2ccccc2)CN1CO. The Morgan fingerprint density at radius 1 is 1.44 bits per heavy atom. The Hall–Kier alpha value is -1.65. The minimum absolute atomic E-state index is 0.0518. The minimum Gasteiger partial charge on any atom is -0.381 e. The Labute approximate surface area is 107 Å². The average Bonchev–Trinajstić information content (AvgIpc) is 2.42. The van der Waals surface area contributed by atoms with Crippen molar-refractivity contribution >= 4 is 5.91 Å². The van der Waals surface area contributed by atoms with Crippen molar-refractivity contribution in [3.8, 4) is 0 Å². The number of rotatable bonds is 4. The fourth-order valence-electron chi connectivity index (χ4n) is 2.29. The van der Waals surface area contributed by atoms with Crippen molar-refractivity contribution < 1.29 is 9.90 Å². The molecule has 96 valence electrons. The van der Waals surface area contributed by atoms with Crippen LogP contribution in [0.1, 0.15) is 18.0 Å². The van der Waals surface area contributed by atoms with Gasteiger partial charge in [-0.05, 0) is 12.0 Å². The highest BCUT2D eigenvalue weighted by Gasteiger charge is 2.33. The third kappa shape index (κ3) is 2.60. The Balaban J connectivity index is 2.15. The molecule has 1 unspecified atom stereocenters. The van der Waals surface area contributed by atoms with Crippen LogP contribution in [0.5, 0.6) is 0 Å². The summed E-state index contributed by atoms with van der Waals surface area (Å²) in [5, 5.41) is 12.4. The van der Waals surface area contributed by atoms with Crippen LogP contribution in [0.25, 0.3) is 0 Å². The van der Waals surface area contributed by atoms with Gasteiger partial charge in [-0.3, -0.25) is 9.69 Å². The largest absolute Gasteiger partial charge is 0.381 e. The van der Waals surface area contributed by atoms with Gasteiger partial charge in [-0.1, -0.05) is 36.4 Å². The van der Waals surface area contributed by atoms with Crippen LogP contribution in [0.2, 0.25) is 0 Å². The molecule has 2 rings (SSSR count). The number of aliphatic hydroxyl groups excluding tert-OH is 1. The number of carbonyl (C=O) groups is 1. The van der Waals surface area contributed by atoms with Crippen LogP contribution in [0, 0.1) is 0 Å². The Kier molecular flexibility index (Phi) is 4.12. The number of carbonyl (C=O) groups excluding carboxylic acids is 1. The molecule has 0 bridgehead atoms. The van der Waals surface area contributed by atoms with Crippen LogP contribution in [0.15, 0.2) is 43.0 Å². The molecule has 2 N–H and O–H groups in total. The van der Waals surface area contributed by atoms with Crippen molar-refractivity contribution in [1.29, 1.82) is 0 Å². The molecule has 18 heavy (non-hydrogen) atoms. The van der Waals surface area contributed by atoms with Gasteiger partial charge in [0.25, 0.3) is 0 Å². The van der Waals surface area contributed by atoms with Gasteiger partial charge in [-0.2, -0.15) is 0 Å². The maximum Gasteiger partial charge on any atom is 0.238 e. The molecule has 4 nitrogen and oxygen atoms in total. The van der Waals surface area contributed by atoms with Gasteiger partial charge in [0.1, 0.15) is 0 Å². The second-order valence-corrected chi connectivity index (χ2v) is 4.42. The maximum absolute atomic E-state index is 12.0. The smallest absolute Gasteiger partial charge is 0.238 e. The van der Waals surface area contributed by atoms with E-state index in [2.05, 4.69) is 11.9 Å². The van der Waals surface area contributed by atoms with Crippen LogP contribution in [0.4, 0.5) is 0 Å². The van der Waals surface area contributed by atoms with Crippen molar-refractivity contribution in [2.75, 3.05) is 13.3 Å². The van der Waals surface area contributed by atoms with Crippen LogP contribution in [0.3, 0.4) is 0 Å². The number of nitrogens with one attached hydrogen (secondary N) is 1. The molecule has 0 spiro atoms. The predicted octanol–water partition coefficient (Wildman–Crippen LogP) is 1.05. The number of amides is 1. The summed E-state index contributed by atoms with van der Waals surface area (Å²) >= 11 is 0. The number of nitrogens with zero attached hydrogens (tertiary/aromatic N) is 1. The van der Waals surface area contributed by atoms with Crippen LogP contribution < -0.4 is 5.32 Å². The van der Waals surface area contributed by atoms with Crippen LogP contribution in [-0.4, -0.2) is 35.2 Å². The zero-order valence-electron chi connectivity index (χ0n) is 10.2. The molecule has 0 aliphatic carbocycles. The first kappa shape index (κ1) is 12.8. The molecule has 0 radical (unpaired) electrons. The van der Waals surface area contributed by atoms with E-state index in [9.17, 15) is 9.90 Å². The third-order valence-electron chi connectivity index (χ3n) is 3.25. The van der Waals surface area contributed by atoms with Gasteiger partial charge in [-0.15, -0.1) is 6.58 Å². The van der Waals surface area contributed by atoms with E-state index in [0.717, 1.165) is 5.56 Å². The zero-order chi connectivity index (χ0) is 13.0. The molecular weight excluding hydrogens is 228 g/mol. The lowest BCUT2D eigenvalue weighted by atomic mass is 10.0. The normalized spacial score (nSPS) is 24.6. The third-order valence-corrected chi connectivity index (χ3v) is 3.25. The molecule has 4 heteroatoms. The molecular formula is C14H18N2O2. The zero-order valence-corrected chi connectivity index (χ0v) is 10.2. The molecule has 1 amide bonds. The molecule has 1 aromatic rings. The number of hydrogen-bond donors (Lipinski definition) is 2. The summed E-state index contributed by atoms with van der Waals surface area (Å²) in [5.41, 5.74) is 1.06. The van der Waals surface area contributed by atoms with E-state index in [4.69, 9.17) is 0 Å². The molecule has 1 aliphatic heterocycles. The Morgan fingerprint density at radius 3 is 2.78 bits per heavy atom. The molecule has 1 aromatic carbocycles. The molecule has 0 saturated carbocycles. The molecule has 1 aliphatic rings. The molecule has 1 fully saturated rings. The van der Waals surface area contributed by atoms with Gasteiger partial charge in [-0.25, -0.2) is 0 Å². The minimum atomic E-state index is -0.313. The van der Waals surface area contributed by atoms with Crippen molar-refractivity contribution in [2.24, 2.45) is 0 Å². The summed E-state index contributed by atoms with van der Waals surface area (Å²) in [6.45, 7) is 4.15. The summed E-state index contributed by atoms with van der Waals surface area (Å²) in [7, 11) is 0. The summed E-state index contributed by atoms with van der Waals surface area (Å²) in [4.78, 5) is 13.8. The van der Waals surface area contributed by atoms with Gasteiger partial charge in [0, 0.05) is 6.54 Å². The number of benzene rings is 1. The van der Waals surface area contributed by atoms with Gasteiger partial charge in [0.15, 0.2) is 0 Å². The van der Waals surface area contributed by atoms with E-state index >= 15 is 0 Å². The quantitative estimate of drug-likeness (QED) is 0.781. The number of piperazine rings is 1. The first-order valence-corrected chi connectivity index (χ1v) is 6.07. The average molecular weight is 246 g/mol. The molecule has 0 aromatic heterocycles. The van der Waals surface area contributed by atoms with Crippen molar-refractivity contribution in [3.63, 3.8) is 0 Å². The predicted molar refractivity (Wildman–Crippen MR) is 69.7 cm³/mol. The monoisotopic (exact) mass is 246 g/mol. The summed E-state index contributed by atoms with van der Waals surface area (Å²) in [5.74, 6) is -0.0518. The van der Waals surface area contributed by atoms with E-state index < -0.39 is 0 Å². The van der Waals surface area contributed by atoms with Gasteiger partial charge in [0.2, 0.25) is 5.91 Å². The summed E-state index contributed by atoms with van der Waals surface area (Å²) < 4.78 is 0. The Morgan fingerprint density at radius 2 is 2.17 bits per heavy atom. The van der Waals surface area contributed by atoms with Gasteiger partial charge >= 0.3 is 0 Å². The van der Waals surface area contributed by atoms with E-state index in [0.29, 0.717) is 13.0 Å². The highest BCUT2D eigenvalue weighted by molar-refractivity contribution is 5.83. The lowest BCUT2D eigenvalue weighted by Crippen LogP contribution is -2.56. The maximum atomic E-state index is 12.0. The summed E-state index contributed by atoms with van der Waals surface area (Å²) in [6.07, 6.45) is 2.25. The lowest BCUT2D eigenvalue weighted by Gasteiger charge is -2.38. The molecule has 2 atom stereocenters. The van der Waals surface area contributed by atoms with E-state index in [1.165, 1.54) is 0 Å². The first-order chi connectivity index (χ1) is 8.76. The van der Waals surface area contributed by atoms with E-state index in [1.807, 2.05) is 30.3 Å². The van der Waals surface area contributed by atoms with Crippen LogP contribution in [-0.2, 0) is 4.79 Å². The first-order valence-electron chi connectivity index (χ1n) is 6.07. The van der Waals surface area contributed by atoms with Crippen LogP contribution >= 0.6 is 0 Å². The standard InChI is InChI=1S/C14H18N2O2/c1-2-6-13-14(18)15-12(9-16(13)10-17)11-7-4-3-5-8-11/h2-5,7-8,12-13,17H,1,6,9-10H2,(H,15,18)/t12-,13?/m1/s1. The highest BCUT2D eigenvalue weighted by Crippen LogP contribution is 2.21. The fraction of sp³-hybridized carbons (Fsp3) is 0.357. The number of hydrogen-bond acceptors (Lipinski definition) is 3. The van der Waals surface area contributed by atoms with E-state index in [1.54, 1.807) is 11.0 Å². The van der Waals surface area contributed by atoms with Crippen molar-refractivity contribution in [1.82, 2.24) is 10.2 Å². The number of aliphatic hydroxyl groups is 1. The molecule has 1 saturated heterocycles. The van der Waals surface area contributed by atoms with Crippen molar-refractivity contribution in [2.45, 2.75) is 18.5 Å². The van der Waals surface area contributed by atoms with Gasteiger partial charge < -0.3 is 10.4 Å². The van der Waals surface area contributed by atoms with Gasteiger partial charge in [0.05, 0.1) is 18.8 Å².